The Balaban J connectivity index is 1.99. The zero-order chi connectivity index (χ0) is 17.2. The van der Waals surface area contributed by atoms with Crippen molar-refractivity contribution in [3.63, 3.8) is 0 Å². The highest BCUT2D eigenvalue weighted by atomic mass is 32.2. The van der Waals surface area contributed by atoms with Crippen LogP contribution in [-0.4, -0.2) is 15.5 Å². The minimum atomic E-state index is -3.67. The molecule has 0 radical (unpaired) electrons. The molecule has 0 aliphatic carbocycles. The van der Waals surface area contributed by atoms with Crippen LogP contribution in [0.15, 0.2) is 57.8 Å². The highest BCUT2D eigenvalue weighted by molar-refractivity contribution is 7.89. The summed E-state index contributed by atoms with van der Waals surface area (Å²) < 4.78 is 39.1. The number of methoxy groups -OCH3 is 1. The fraction of sp³-hybridized carbons (Fsp3) is 0.222. The van der Waals surface area contributed by atoms with Gasteiger partial charge in [-0.1, -0.05) is 37.3 Å². The number of rotatable bonds is 6. The van der Waals surface area contributed by atoms with Crippen molar-refractivity contribution in [3.8, 4) is 5.75 Å². The fourth-order valence-corrected chi connectivity index (χ4v) is 3.75. The average Bonchev–Trinajstić information content (AvgIpc) is 3.04. The van der Waals surface area contributed by atoms with Gasteiger partial charge in [0, 0.05) is 18.4 Å². The second-order valence-corrected chi connectivity index (χ2v) is 7.12. The maximum absolute atomic E-state index is 12.7. The summed E-state index contributed by atoms with van der Waals surface area (Å²) in [5, 5.41) is 0.534. The quantitative estimate of drug-likeness (QED) is 0.742. The maximum atomic E-state index is 12.7. The van der Waals surface area contributed by atoms with E-state index in [2.05, 4.69) is 4.72 Å². The molecule has 1 heterocycles. The third-order valence-corrected chi connectivity index (χ3v) is 5.28. The van der Waals surface area contributed by atoms with E-state index >= 15 is 0 Å². The van der Waals surface area contributed by atoms with Gasteiger partial charge in [0.1, 0.15) is 5.76 Å². The van der Waals surface area contributed by atoms with Crippen molar-refractivity contribution in [2.24, 2.45) is 0 Å². The smallest absolute Gasteiger partial charge is 0.241 e. The van der Waals surface area contributed by atoms with E-state index in [1.165, 1.54) is 7.11 Å². The number of hydrogen-bond acceptors (Lipinski definition) is 4. The molecular weight excluding hydrogens is 326 g/mol. The Morgan fingerprint density at radius 1 is 1.12 bits per heavy atom. The molecular formula is C18H19NO4S. The van der Waals surface area contributed by atoms with Gasteiger partial charge in [-0.3, -0.25) is 0 Å². The van der Waals surface area contributed by atoms with Crippen LogP contribution in [0.1, 0.15) is 18.2 Å². The number of hydrogen-bond donors (Lipinski definition) is 1. The van der Waals surface area contributed by atoms with Crippen LogP contribution in [0, 0.1) is 0 Å². The Bertz CT molecular complexity index is 946. The van der Waals surface area contributed by atoms with Gasteiger partial charge in [-0.15, -0.1) is 0 Å². The molecule has 0 fully saturated rings. The van der Waals surface area contributed by atoms with Crippen LogP contribution in [0.2, 0.25) is 0 Å². The lowest BCUT2D eigenvalue weighted by Crippen LogP contribution is -2.23. The van der Waals surface area contributed by atoms with Gasteiger partial charge in [0.05, 0.1) is 12.0 Å². The molecule has 0 amide bonds. The SMILES string of the molecule is CCc1cc2c(S(=O)(=O)NCc3ccccc3)ccc(OC)c2o1. The van der Waals surface area contributed by atoms with Crippen LogP contribution >= 0.6 is 0 Å². The molecule has 0 spiro atoms. The van der Waals surface area contributed by atoms with Crippen LogP contribution < -0.4 is 9.46 Å². The van der Waals surface area contributed by atoms with E-state index in [0.29, 0.717) is 28.9 Å². The zero-order valence-electron chi connectivity index (χ0n) is 13.6. The molecule has 0 saturated heterocycles. The lowest BCUT2D eigenvalue weighted by molar-refractivity contribution is 0.407. The van der Waals surface area contributed by atoms with Crippen LogP contribution in [0.25, 0.3) is 11.0 Å². The standard InChI is InChI=1S/C18H19NO4S/c1-3-14-11-15-17(10-9-16(22-2)18(15)23-14)24(20,21)19-12-13-7-5-4-6-8-13/h4-11,19H,3,12H2,1-2H3. The highest BCUT2D eigenvalue weighted by Crippen LogP contribution is 2.33. The van der Waals surface area contributed by atoms with Gasteiger partial charge in [0.15, 0.2) is 11.3 Å². The Hall–Kier alpha value is -2.31. The monoisotopic (exact) mass is 345 g/mol. The molecule has 0 aliphatic rings. The van der Waals surface area contributed by atoms with E-state index in [4.69, 9.17) is 9.15 Å². The minimum absolute atomic E-state index is 0.192. The second-order valence-electron chi connectivity index (χ2n) is 5.39. The first-order chi connectivity index (χ1) is 11.5. The number of aryl methyl sites for hydroxylation is 1. The molecule has 1 aromatic heterocycles. The van der Waals surface area contributed by atoms with Crippen LogP contribution in [0.5, 0.6) is 5.75 Å². The summed E-state index contributed by atoms with van der Waals surface area (Å²) in [5.41, 5.74) is 1.35. The summed E-state index contributed by atoms with van der Waals surface area (Å²) in [6.45, 7) is 2.18. The van der Waals surface area contributed by atoms with Crippen molar-refractivity contribution in [1.29, 1.82) is 0 Å². The normalized spacial score (nSPS) is 11.8. The van der Waals surface area contributed by atoms with Crippen molar-refractivity contribution in [2.75, 3.05) is 7.11 Å². The number of nitrogens with one attached hydrogen (secondary N) is 1. The van der Waals surface area contributed by atoms with Crippen molar-refractivity contribution < 1.29 is 17.6 Å². The Morgan fingerprint density at radius 2 is 1.88 bits per heavy atom. The second kappa shape index (κ2) is 6.67. The molecule has 0 bridgehead atoms. The van der Waals surface area contributed by atoms with Gasteiger partial charge >= 0.3 is 0 Å². The number of fused-ring (bicyclic) bond motifs is 1. The number of furan rings is 1. The summed E-state index contributed by atoms with van der Waals surface area (Å²) in [7, 11) is -2.14. The molecule has 0 unspecified atom stereocenters. The third-order valence-electron chi connectivity index (χ3n) is 3.83. The number of ether oxygens (including phenoxy) is 1. The zero-order valence-corrected chi connectivity index (χ0v) is 14.4. The predicted molar refractivity (Wildman–Crippen MR) is 92.6 cm³/mol. The number of benzene rings is 2. The van der Waals surface area contributed by atoms with Crippen molar-refractivity contribution in [1.82, 2.24) is 4.72 Å². The van der Waals surface area contributed by atoms with E-state index in [1.54, 1.807) is 18.2 Å². The van der Waals surface area contributed by atoms with Crippen LogP contribution in [0.3, 0.4) is 0 Å². The van der Waals surface area contributed by atoms with Crippen LogP contribution in [0.4, 0.5) is 0 Å². The number of sulfonamides is 1. The molecule has 3 rings (SSSR count). The molecule has 6 heteroatoms. The molecule has 0 saturated carbocycles. The summed E-state index contributed by atoms with van der Waals surface area (Å²) in [4.78, 5) is 0.192. The molecule has 2 aromatic carbocycles. The minimum Gasteiger partial charge on any atom is -0.493 e. The largest absolute Gasteiger partial charge is 0.493 e. The first kappa shape index (κ1) is 16.5. The molecule has 5 nitrogen and oxygen atoms in total. The summed E-state index contributed by atoms with van der Waals surface area (Å²) in [6, 6.07) is 14.3. The summed E-state index contributed by atoms with van der Waals surface area (Å²) in [6.07, 6.45) is 0.675. The molecule has 1 N–H and O–H groups in total. The maximum Gasteiger partial charge on any atom is 0.241 e. The van der Waals surface area contributed by atoms with Crippen molar-refractivity contribution >= 4 is 21.0 Å². The summed E-state index contributed by atoms with van der Waals surface area (Å²) in [5.74, 6) is 1.24. The first-order valence-electron chi connectivity index (χ1n) is 7.68. The Kier molecular flexibility index (Phi) is 4.59. The van der Waals surface area contributed by atoms with Gasteiger partial charge in [-0.05, 0) is 23.8 Å². The van der Waals surface area contributed by atoms with Gasteiger partial charge < -0.3 is 9.15 Å². The highest BCUT2D eigenvalue weighted by Gasteiger charge is 2.21. The molecule has 126 valence electrons. The van der Waals surface area contributed by atoms with Gasteiger partial charge in [-0.25, -0.2) is 13.1 Å². The first-order valence-corrected chi connectivity index (χ1v) is 9.16. The van der Waals surface area contributed by atoms with Gasteiger partial charge in [-0.2, -0.15) is 0 Å². The van der Waals surface area contributed by atoms with Crippen molar-refractivity contribution in [2.45, 2.75) is 24.8 Å². The molecule has 0 aliphatic heterocycles. The van der Waals surface area contributed by atoms with E-state index < -0.39 is 10.0 Å². The molecule has 0 atom stereocenters. The van der Waals surface area contributed by atoms with Crippen molar-refractivity contribution in [3.05, 3.63) is 59.9 Å². The fourth-order valence-electron chi connectivity index (χ4n) is 2.55. The molecule has 3 aromatic rings. The van der Waals surface area contributed by atoms with E-state index in [0.717, 1.165) is 5.56 Å². The lowest BCUT2D eigenvalue weighted by atomic mass is 10.2. The topological polar surface area (TPSA) is 68.5 Å². The third kappa shape index (κ3) is 3.16. The summed E-state index contributed by atoms with van der Waals surface area (Å²) >= 11 is 0. The van der Waals surface area contributed by atoms with E-state index in [-0.39, 0.29) is 11.4 Å². The van der Waals surface area contributed by atoms with Gasteiger partial charge in [0.25, 0.3) is 0 Å². The molecule has 24 heavy (non-hydrogen) atoms. The average molecular weight is 345 g/mol. The Morgan fingerprint density at radius 3 is 2.54 bits per heavy atom. The van der Waals surface area contributed by atoms with Crippen LogP contribution in [-0.2, 0) is 23.0 Å². The Labute approximate surface area is 141 Å². The van der Waals surface area contributed by atoms with Gasteiger partial charge in [0.2, 0.25) is 10.0 Å². The van der Waals surface area contributed by atoms with E-state index in [9.17, 15) is 8.42 Å². The van der Waals surface area contributed by atoms with E-state index in [1.807, 2.05) is 37.3 Å². The predicted octanol–water partition coefficient (Wildman–Crippen LogP) is 3.48. The lowest BCUT2D eigenvalue weighted by Gasteiger charge is -2.09.